The van der Waals surface area contributed by atoms with Crippen molar-refractivity contribution in [3.63, 3.8) is 0 Å². The molecule has 0 saturated carbocycles. The lowest BCUT2D eigenvalue weighted by Gasteiger charge is -2.30. The number of nitrogens with zero attached hydrogens (tertiary/aromatic N) is 1. The van der Waals surface area contributed by atoms with Crippen LogP contribution in [0.3, 0.4) is 0 Å². The van der Waals surface area contributed by atoms with Gasteiger partial charge in [0, 0.05) is 62.6 Å². The lowest BCUT2D eigenvalue weighted by atomic mass is 9.97. The van der Waals surface area contributed by atoms with Crippen LogP contribution >= 0.6 is 0 Å². The fourth-order valence-corrected chi connectivity index (χ4v) is 8.45. The molecule has 0 aromatic heterocycles. The zero-order valence-electron chi connectivity index (χ0n) is 37.8. The summed E-state index contributed by atoms with van der Waals surface area (Å²) in [6.45, 7) is 9.83. The summed E-state index contributed by atoms with van der Waals surface area (Å²) in [4.78, 5) is 66.8. The first-order valence-corrected chi connectivity index (χ1v) is 22.9. The molecule has 1 aliphatic rings. The van der Waals surface area contributed by atoms with Crippen molar-refractivity contribution in [1.82, 2.24) is 15.5 Å². The van der Waals surface area contributed by atoms with E-state index in [-0.39, 0.29) is 62.0 Å². The Morgan fingerprint density at radius 2 is 1.20 bits per heavy atom. The molecule has 4 N–H and O–H groups in total. The highest BCUT2D eigenvalue weighted by molar-refractivity contribution is 5.94. The highest BCUT2D eigenvalue weighted by Gasteiger charge is 2.32. The number of ether oxygens (including phenoxy) is 1. The van der Waals surface area contributed by atoms with E-state index >= 15 is 0 Å². The van der Waals surface area contributed by atoms with E-state index in [2.05, 4.69) is 83.6 Å². The Morgan fingerprint density at radius 1 is 0.641 bits per heavy atom. The van der Waals surface area contributed by atoms with Crippen molar-refractivity contribution in [3.05, 3.63) is 131 Å². The lowest BCUT2D eigenvalue weighted by Crippen LogP contribution is -2.36. The van der Waals surface area contributed by atoms with Gasteiger partial charge >= 0.3 is 6.09 Å². The van der Waals surface area contributed by atoms with Gasteiger partial charge in [-0.3, -0.25) is 19.2 Å². The molecule has 0 unspecified atom stereocenters. The van der Waals surface area contributed by atoms with Crippen LogP contribution in [0.25, 0.3) is 21.9 Å². The second-order valence-electron chi connectivity index (χ2n) is 16.8. The van der Waals surface area contributed by atoms with Gasteiger partial charge in [0.05, 0.1) is 6.04 Å². The number of carbonyl (C=O) groups is 5. The van der Waals surface area contributed by atoms with Crippen LogP contribution in [0.1, 0.15) is 118 Å². The molecule has 0 fully saturated rings. The Morgan fingerprint density at radius 3 is 1.80 bits per heavy atom. The lowest BCUT2D eigenvalue weighted by molar-refractivity contribution is -0.122. The van der Waals surface area contributed by atoms with E-state index in [0.717, 1.165) is 64.3 Å². The quantitative estimate of drug-likeness (QED) is 0.0545. The first-order valence-electron chi connectivity index (χ1n) is 22.9. The van der Waals surface area contributed by atoms with Gasteiger partial charge in [-0.15, -0.1) is 0 Å². The molecule has 5 amide bonds. The van der Waals surface area contributed by atoms with Gasteiger partial charge in [0.2, 0.25) is 23.6 Å². The van der Waals surface area contributed by atoms with Crippen LogP contribution in [-0.2, 0) is 30.3 Å². The second kappa shape index (κ2) is 23.3. The van der Waals surface area contributed by atoms with Crippen molar-refractivity contribution < 1.29 is 28.7 Å². The SMILES string of the molecule is CCCNC(=O)CCCC(=O)Nc1ccc2c(c1)C(COC(=O)N(CCCc1cccc(C)c1)[C@H](C)c1cccc3ccccc13)c1cc(NC(=O)CCCC(=O)NCCC)ccc1-2. The maximum Gasteiger partial charge on any atom is 0.410 e. The molecule has 6 rings (SSSR count). The van der Waals surface area contributed by atoms with Gasteiger partial charge in [0.15, 0.2) is 0 Å². The number of carbonyl (C=O) groups excluding carboxylic acids is 5. The molecular formula is C53H63N5O6. The number of hydrogen-bond donors (Lipinski definition) is 4. The summed E-state index contributed by atoms with van der Waals surface area (Å²) >= 11 is 0. The number of benzene rings is 5. The molecular weight excluding hydrogens is 803 g/mol. The average molecular weight is 866 g/mol. The van der Waals surface area contributed by atoms with Crippen LogP contribution in [0, 0.1) is 6.92 Å². The third-order valence-corrected chi connectivity index (χ3v) is 11.8. The summed E-state index contributed by atoms with van der Waals surface area (Å²) in [6, 6.07) is 34.0. The first kappa shape index (κ1) is 47.0. The molecule has 0 radical (unpaired) electrons. The molecule has 1 atom stereocenters. The smallest absolute Gasteiger partial charge is 0.410 e. The van der Waals surface area contributed by atoms with Crippen LogP contribution < -0.4 is 21.3 Å². The maximum atomic E-state index is 14.5. The highest BCUT2D eigenvalue weighted by Crippen LogP contribution is 2.47. The molecule has 5 aromatic carbocycles. The molecule has 336 valence electrons. The van der Waals surface area contributed by atoms with E-state index in [1.54, 1.807) is 0 Å². The van der Waals surface area contributed by atoms with Crippen LogP contribution in [0.2, 0.25) is 0 Å². The Hall–Kier alpha value is -6.49. The van der Waals surface area contributed by atoms with Crippen molar-refractivity contribution in [2.75, 3.05) is 36.9 Å². The largest absolute Gasteiger partial charge is 0.448 e. The molecule has 0 saturated heterocycles. The third kappa shape index (κ3) is 12.8. The summed E-state index contributed by atoms with van der Waals surface area (Å²) in [5, 5.41) is 13.9. The number of rotatable bonds is 22. The van der Waals surface area contributed by atoms with E-state index in [1.807, 2.05) is 73.3 Å². The molecule has 0 bridgehead atoms. The predicted molar refractivity (Wildman–Crippen MR) is 255 cm³/mol. The number of aryl methyl sites for hydroxylation is 2. The van der Waals surface area contributed by atoms with Crippen molar-refractivity contribution >= 4 is 51.9 Å². The molecule has 0 spiro atoms. The number of amides is 5. The van der Waals surface area contributed by atoms with E-state index in [9.17, 15) is 24.0 Å². The fraction of sp³-hybridized carbons (Fsp3) is 0.377. The minimum atomic E-state index is -0.431. The summed E-state index contributed by atoms with van der Waals surface area (Å²) in [5.41, 5.74) is 8.29. The van der Waals surface area contributed by atoms with E-state index in [0.29, 0.717) is 43.9 Å². The number of nitrogens with one attached hydrogen (secondary N) is 4. The Balaban J connectivity index is 1.23. The van der Waals surface area contributed by atoms with Gasteiger partial charge in [0.25, 0.3) is 0 Å². The van der Waals surface area contributed by atoms with Gasteiger partial charge in [-0.25, -0.2) is 4.79 Å². The Labute approximate surface area is 377 Å². The molecule has 5 aromatic rings. The van der Waals surface area contributed by atoms with Gasteiger partial charge in [-0.1, -0.05) is 98.3 Å². The van der Waals surface area contributed by atoms with Crippen molar-refractivity contribution in [2.24, 2.45) is 0 Å². The Kier molecular flexibility index (Phi) is 17.1. The monoisotopic (exact) mass is 865 g/mol. The summed E-state index contributed by atoms with van der Waals surface area (Å²) in [7, 11) is 0. The van der Waals surface area contributed by atoms with Gasteiger partial charge in [-0.05, 0) is 121 Å². The van der Waals surface area contributed by atoms with Crippen LogP contribution in [-0.4, -0.2) is 60.9 Å². The minimum Gasteiger partial charge on any atom is -0.448 e. The number of hydrogen-bond acceptors (Lipinski definition) is 6. The molecule has 11 nitrogen and oxygen atoms in total. The summed E-state index contributed by atoms with van der Waals surface area (Å²) < 4.78 is 6.36. The minimum absolute atomic E-state index is 0.0179. The highest BCUT2D eigenvalue weighted by atomic mass is 16.6. The van der Waals surface area contributed by atoms with E-state index in [4.69, 9.17) is 4.74 Å². The number of fused-ring (bicyclic) bond motifs is 4. The van der Waals surface area contributed by atoms with Crippen molar-refractivity contribution in [3.8, 4) is 11.1 Å². The second-order valence-corrected chi connectivity index (χ2v) is 16.8. The zero-order chi connectivity index (χ0) is 45.4. The fourth-order valence-electron chi connectivity index (χ4n) is 8.45. The molecule has 1 aliphatic carbocycles. The molecule has 64 heavy (non-hydrogen) atoms. The third-order valence-electron chi connectivity index (χ3n) is 11.8. The summed E-state index contributed by atoms with van der Waals surface area (Å²) in [6.07, 6.45) is 4.60. The van der Waals surface area contributed by atoms with E-state index < -0.39 is 12.0 Å². The van der Waals surface area contributed by atoms with Crippen LogP contribution in [0.15, 0.2) is 103 Å². The van der Waals surface area contributed by atoms with E-state index in [1.165, 1.54) is 11.1 Å². The normalized spacial score (nSPS) is 12.2. The number of anilines is 2. The standard InChI is InChI=1S/C53H63N5O6/c1-5-29-54-49(59)21-11-23-51(61)56-40-25-27-44-45-28-26-41(57-52(62)24-12-22-50(60)55-30-6-2)34-47(45)48(46(44)33-40)35-64-53(63)58(31-13-16-38-15-9-14-36(3)32-38)37(4)42-20-10-18-39-17-7-8-19-43(39)42/h7-10,14-15,17-20,25-28,32-34,37,48H,5-6,11-13,16,21-24,29-31,35H2,1-4H3,(H,54,59)(H,55,60)(H,56,61)(H,57,62)/t37-/m1/s1. The Bertz CT molecular complexity index is 2340. The maximum absolute atomic E-state index is 14.5. The average Bonchev–Trinajstić information content (AvgIpc) is 3.59. The van der Waals surface area contributed by atoms with Gasteiger partial charge in [-0.2, -0.15) is 0 Å². The van der Waals surface area contributed by atoms with Crippen molar-refractivity contribution in [2.45, 2.75) is 104 Å². The van der Waals surface area contributed by atoms with Crippen LogP contribution in [0.5, 0.6) is 0 Å². The zero-order valence-corrected chi connectivity index (χ0v) is 37.8. The molecule has 11 heteroatoms. The molecule has 0 aliphatic heterocycles. The molecule has 0 heterocycles. The predicted octanol–water partition coefficient (Wildman–Crippen LogP) is 10.4. The van der Waals surface area contributed by atoms with Gasteiger partial charge in [0.1, 0.15) is 6.61 Å². The van der Waals surface area contributed by atoms with Gasteiger partial charge < -0.3 is 30.9 Å². The first-order chi connectivity index (χ1) is 31.0. The summed E-state index contributed by atoms with van der Waals surface area (Å²) in [5.74, 6) is -0.932. The topological polar surface area (TPSA) is 146 Å². The van der Waals surface area contributed by atoms with Crippen molar-refractivity contribution in [1.29, 1.82) is 0 Å². The van der Waals surface area contributed by atoms with Crippen LogP contribution in [0.4, 0.5) is 16.2 Å².